The monoisotopic (exact) mass is 272 g/mol. The predicted octanol–water partition coefficient (Wildman–Crippen LogP) is 3.93. The summed E-state index contributed by atoms with van der Waals surface area (Å²) in [7, 11) is 2.04. The van der Waals surface area contributed by atoms with E-state index in [0.29, 0.717) is 5.88 Å². The van der Waals surface area contributed by atoms with E-state index in [1.54, 1.807) is 6.20 Å². The van der Waals surface area contributed by atoms with Crippen LogP contribution in [0, 0.1) is 0 Å². The maximum absolute atomic E-state index is 5.74. The van der Waals surface area contributed by atoms with E-state index in [1.807, 2.05) is 31.3 Å². The van der Waals surface area contributed by atoms with Crippen molar-refractivity contribution >= 4 is 29.4 Å². The third-order valence-corrected chi connectivity index (χ3v) is 3.06. The van der Waals surface area contributed by atoms with Gasteiger partial charge >= 0.3 is 0 Å². The fraction of sp³-hybridized carbons (Fsp3) is 0.188. The Morgan fingerprint density at radius 3 is 2.53 bits per heavy atom. The smallest absolute Gasteiger partial charge is 0.0629 e. The van der Waals surface area contributed by atoms with Gasteiger partial charge in [-0.25, -0.2) is 0 Å². The van der Waals surface area contributed by atoms with Crippen molar-refractivity contribution in [2.24, 2.45) is 0 Å². The molecule has 0 radical (unpaired) electrons. The number of hydrogen-bond acceptors (Lipinski definition) is 2. The molecule has 0 fully saturated rings. The van der Waals surface area contributed by atoms with Crippen LogP contribution < -0.4 is 4.90 Å². The number of halogens is 1. The van der Waals surface area contributed by atoms with Crippen LogP contribution in [-0.2, 0) is 0 Å². The standard InChI is InChI=1S/C16H17ClN2/c1-19(13-11-17)16-9-6-14(7-10-16)5-8-15-4-2-3-12-18-15/h2-10,12H,11,13H2,1H3/b8-5+. The van der Waals surface area contributed by atoms with Gasteiger partial charge in [0.25, 0.3) is 0 Å². The van der Waals surface area contributed by atoms with Gasteiger partial charge < -0.3 is 4.90 Å². The van der Waals surface area contributed by atoms with Crippen molar-refractivity contribution in [1.82, 2.24) is 4.98 Å². The van der Waals surface area contributed by atoms with E-state index >= 15 is 0 Å². The molecule has 3 heteroatoms. The molecule has 0 atom stereocenters. The van der Waals surface area contributed by atoms with Crippen LogP contribution in [0.15, 0.2) is 48.7 Å². The number of alkyl halides is 1. The van der Waals surface area contributed by atoms with E-state index in [-0.39, 0.29) is 0 Å². The topological polar surface area (TPSA) is 16.1 Å². The Kier molecular flexibility index (Phi) is 4.99. The molecule has 2 rings (SSSR count). The van der Waals surface area contributed by atoms with E-state index in [4.69, 9.17) is 11.6 Å². The number of rotatable bonds is 5. The summed E-state index contributed by atoms with van der Waals surface area (Å²) < 4.78 is 0. The first-order valence-electron chi connectivity index (χ1n) is 6.26. The van der Waals surface area contributed by atoms with Crippen molar-refractivity contribution in [3.8, 4) is 0 Å². The highest BCUT2D eigenvalue weighted by atomic mass is 35.5. The second kappa shape index (κ2) is 6.95. The first-order chi connectivity index (χ1) is 9.29. The highest BCUT2D eigenvalue weighted by Crippen LogP contribution is 2.15. The Labute approximate surface area is 119 Å². The van der Waals surface area contributed by atoms with Gasteiger partial charge in [-0.3, -0.25) is 4.98 Å². The minimum atomic E-state index is 0.637. The van der Waals surface area contributed by atoms with Crippen molar-refractivity contribution in [1.29, 1.82) is 0 Å². The summed E-state index contributed by atoms with van der Waals surface area (Å²) in [5.41, 5.74) is 3.30. The molecule has 0 saturated heterocycles. The van der Waals surface area contributed by atoms with Gasteiger partial charge in [0.1, 0.15) is 0 Å². The molecule has 98 valence electrons. The second-order valence-electron chi connectivity index (χ2n) is 4.29. The SMILES string of the molecule is CN(CCCl)c1ccc(/C=C/c2ccccn2)cc1. The van der Waals surface area contributed by atoms with Gasteiger partial charge in [0.15, 0.2) is 0 Å². The maximum atomic E-state index is 5.74. The Morgan fingerprint density at radius 1 is 1.11 bits per heavy atom. The number of anilines is 1. The summed E-state index contributed by atoms with van der Waals surface area (Å²) in [5, 5.41) is 0. The number of hydrogen-bond donors (Lipinski definition) is 0. The van der Waals surface area contributed by atoms with E-state index < -0.39 is 0 Å². The van der Waals surface area contributed by atoms with Crippen LogP contribution in [0.1, 0.15) is 11.3 Å². The van der Waals surface area contributed by atoms with Gasteiger partial charge in [-0.1, -0.05) is 24.3 Å². The number of nitrogens with zero attached hydrogens (tertiary/aromatic N) is 2. The zero-order valence-corrected chi connectivity index (χ0v) is 11.7. The van der Waals surface area contributed by atoms with Crippen LogP contribution in [0.5, 0.6) is 0 Å². The molecule has 0 aliphatic heterocycles. The average Bonchev–Trinajstić information content (AvgIpc) is 2.47. The zero-order valence-electron chi connectivity index (χ0n) is 11.0. The Morgan fingerprint density at radius 2 is 1.89 bits per heavy atom. The molecule has 0 aliphatic carbocycles. The molecule has 1 aromatic heterocycles. The third kappa shape index (κ3) is 4.11. The minimum Gasteiger partial charge on any atom is -0.373 e. The molecule has 0 N–H and O–H groups in total. The van der Waals surface area contributed by atoms with E-state index in [1.165, 1.54) is 5.69 Å². The van der Waals surface area contributed by atoms with Gasteiger partial charge in [-0.05, 0) is 35.9 Å². The summed E-state index contributed by atoms with van der Waals surface area (Å²) >= 11 is 5.74. The van der Waals surface area contributed by atoms with Gasteiger partial charge in [0, 0.05) is 31.4 Å². The molecule has 1 heterocycles. The Balaban J connectivity index is 2.05. The summed E-state index contributed by atoms with van der Waals surface area (Å²) in [6, 6.07) is 14.3. The highest BCUT2D eigenvalue weighted by Gasteiger charge is 1.98. The lowest BCUT2D eigenvalue weighted by molar-refractivity contribution is 0.974. The normalized spacial score (nSPS) is 10.8. The number of benzene rings is 1. The lowest BCUT2D eigenvalue weighted by atomic mass is 10.1. The fourth-order valence-corrected chi connectivity index (χ4v) is 2.01. The molecule has 0 saturated carbocycles. The van der Waals surface area contributed by atoms with Crippen molar-refractivity contribution in [2.75, 3.05) is 24.4 Å². The van der Waals surface area contributed by atoms with Crippen molar-refractivity contribution in [3.63, 3.8) is 0 Å². The first kappa shape index (κ1) is 13.6. The van der Waals surface area contributed by atoms with Crippen LogP contribution in [-0.4, -0.2) is 24.5 Å². The number of aromatic nitrogens is 1. The van der Waals surface area contributed by atoms with Crippen molar-refractivity contribution in [3.05, 3.63) is 59.9 Å². The quantitative estimate of drug-likeness (QED) is 0.767. The summed E-state index contributed by atoms with van der Waals surface area (Å²) in [6.45, 7) is 0.852. The Bertz CT molecular complexity index is 520. The van der Waals surface area contributed by atoms with Gasteiger partial charge in [0.05, 0.1) is 5.69 Å². The lowest BCUT2D eigenvalue weighted by Crippen LogP contribution is -2.19. The van der Waals surface area contributed by atoms with E-state index in [9.17, 15) is 0 Å². The second-order valence-corrected chi connectivity index (χ2v) is 4.67. The molecule has 19 heavy (non-hydrogen) atoms. The molecule has 0 aliphatic rings. The lowest BCUT2D eigenvalue weighted by Gasteiger charge is -2.17. The van der Waals surface area contributed by atoms with Crippen LogP contribution in [0.3, 0.4) is 0 Å². The van der Waals surface area contributed by atoms with Crippen molar-refractivity contribution < 1.29 is 0 Å². The van der Waals surface area contributed by atoms with Gasteiger partial charge in [-0.15, -0.1) is 11.6 Å². The average molecular weight is 273 g/mol. The van der Waals surface area contributed by atoms with Crippen molar-refractivity contribution in [2.45, 2.75) is 0 Å². The van der Waals surface area contributed by atoms with Crippen LogP contribution in [0.4, 0.5) is 5.69 Å². The number of pyridine rings is 1. The Hall–Kier alpha value is -1.80. The first-order valence-corrected chi connectivity index (χ1v) is 6.79. The predicted molar refractivity (Wildman–Crippen MR) is 83.6 cm³/mol. The van der Waals surface area contributed by atoms with E-state index in [2.05, 4.69) is 40.2 Å². The van der Waals surface area contributed by atoms with Gasteiger partial charge in [0.2, 0.25) is 0 Å². The molecule has 0 bridgehead atoms. The maximum Gasteiger partial charge on any atom is 0.0629 e. The molecule has 0 spiro atoms. The van der Waals surface area contributed by atoms with Crippen LogP contribution in [0.2, 0.25) is 0 Å². The molecule has 0 amide bonds. The molecule has 1 aromatic carbocycles. The highest BCUT2D eigenvalue weighted by molar-refractivity contribution is 6.18. The fourth-order valence-electron chi connectivity index (χ4n) is 1.75. The molecular formula is C16H17ClN2. The van der Waals surface area contributed by atoms with Crippen LogP contribution in [0.25, 0.3) is 12.2 Å². The third-order valence-electron chi connectivity index (χ3n) is 2.89. The zero-order chi connectivity index (χ0) is 13.5. The molecule has 2 aromatic rings. The summed E-state index contributed by atoms with van der Waals surface area (Å²) in [5.74, 6) is 0.637. The minimum absolute atomic E-state index is 0.637. The molecule has 2 nitrogen and oxygen atoms in total. The van der Waals surface area contributed by atoms with Gasteiger partial charge in [-0.2, -0.15) is 0 Å². The molecule has 0 unspecified atom stereocenters. The molecular weight excluding hydrogens is 256 g/mol. The summed E-state index contributed by atoms with van der Waals surface area (Å²) in [4.78, 5) is 6.39. The largest absolute Gasteiger partial charge is 0.373 e. The summed E-state index contributed by atoms with van der Waals surface area (Å²) in [6.07, 6.45) is 5.87. The van der Waals surface area contributed by atoms with E-state index in [0.717, 1.165) is 17.8 Å². The van der Waals surface area contributed by atoms with Crippen LogP contribution >= 0.6 is 11.6 Å².